The predicted molar refractivity (Wildman–Crippen MR) is 114 cm³/mol. The zero-order valence-electron chi connectivity index (χ0n) is 18.1. The molecule has 11 heteroatoms. The Hall–Kier alpha value is -3.63. The lowest BCUT2D eigenvalue weighted by atomic mass is 10.0. The summed E-state index contributed by atoms with van der Waals surface area (Å²) in [5, 5.41) is 4.83. The average Bonchev–Trinajstić information content (AvgIpc) is 3.35. The van der Waals surface area contributed by atoms with E-state index in [9.17, 15) is 23.2 Å². The minimum absolute atomic E-state index is 0.0845. The van der Waals surface area contributed by atoms with E-state index < -0.39 is 24.3 Å². The van der Waals surface area contributed by atoms with Crippen LogP contribution in [0.15, 0.2) is 24.7 Å². The number of hydrogen-bond acceptors (Lipinski definition) is 7. The van der Waals surface area contributed by atoms with Crippen molar-refractivity contribution in [2.24, 2.45) is 5.92 Å². The number of rotatable bonds is 7. The first-order valence-electron chi connectivity index (χ1n) is 10.5. The SMILES string of the molecule is CC(=O)c1nn(CC(=O)N2CC(CC(F)F)CC2C=O)c2cnc(-c3cnc(C)nc3)cc12. The van der Waals surface area contributed by atoms with E-state index in [4.69, 9.17) is 0 Å². The second-order valence-electron chi connectivity index (χ2n) is 8.15. The molecule has 0 radical (unpaired) electrons. The first-order chi connectivity index (χ1) is 15.8. The fraction of sp³-hybridized carbons (Fsp3) is 0.409. The van der Waals surface area contributed by atoms with Gasteiger partial charge < -0.3 is 9.69 Å². The van der Waals surface area contributed by atoms with Gasteiger partial charge in [0, 0.05) is 43.2 Å². The molecule has 4 heterocycles. The number of ketones is 1. The Morgan fingerprint density at radius 1 is 1.21 bits per heavy atom. The molecule has 2 unspecified atom stereocenters. The largest absolute Gasteiger partial charge is 0.331 e. The number of amides is 1. The number of halogens is 2. The molecular weight excluding hydrogens is 434 g/mol. The van der Waals surface area contributed by atoms with Gasteiger partial charge in [0.05, 0.1) is 23.4 Å². The molecule has 1 saturated heterocycles. The molecule has 4 rings (SSSR count). The molecule has 0 bridgehead atoms. The predicted octanol–water partition coefficient (Wildman–Crippen LogP) is 2.47. The van der Waals surface area contributed by atoms with Crippen LogP contribution in [0.1, 0.15) is 36.1 Å². The summed E-state index contributed by atoms with van der Waals surface area (Å²) in [4.78, 5) is 50.6. The Bertz CT molecular complexity index is 1210. The normalized spacial score (nSPS) is 18.3. The number of carbonyl (C=O) groups is 3. The lowest BCUT2D eigenvalue weighted by Gasteiger charge is -2.20. The van der Waals surface area contributed by atoms with Crippen LogP contribution in [0.2, 0.25) is 0 Å². The number of carbonyl (C=O) groups excluding carboxylic acids is 3. The molecule has 3 aromatic rings. The summed E-state index contributed by atoms with van der Waals surface area (Å²) in [5.41, 5.74) is 1.86. The Morgan fingerprint density at radius 2 is 1.94 bits per heavy atom. The third kappa shape index (κ3) is 4.62. The Kier molecular flexibility index (Phi) is 6.21. The molecule has 0 aliphatic carbocycles. The van der Waals surface area contributed by atoms with Crippen molar-refractivity contribution in [3.8, 4) is 11.3 Å². The maximum absolute atomic E-state index is 13.0. The Balaban J connectivity index is 1.64. The minimum Gasteiger partial charge on any atom is -0.331 e. The minimum atomic E-state index is -2.50. The molecule has 1 aliphatic rings. The van der Waals surface area contributed by atoms with Crippen molar-refractivity contribution in [1.82, 2.24) is 29.6 Å². The lowest BCUT2D eigenvalue weighted by Crippen LogP contribution is -2.39. The number of fused-ring (bicyclic) bond motifs is 1. The Morgan fingerprint density at radius 3 is 2.58 bits per heavy atom. The van der Waals surface area contributed by atoms with Crippen molar-refractivity contribution in [2.45, 2.75) is 45.7 Å². The van der Waals surface area contributed by atoms with Crippen molar-refractivity contribution in [1.29, 1.82) is 0 Å². The molecule has 33 heavy (non-hydrogen) atoms. The molecule has 0 spiro atoms. The number of nitrogens with zero attached hydrogens (tertiary/aromatic N) is 6. The van der Waals surface area contributed by atoms with Crippen LogP contribution in [0.3, 0.4) is 0 Å². The summed E-state index contributed by atoms with van der Waals surface area (Å²) in [5.74, 6) is -0.541. The van der Waals surface area contributed by atoms with Crippen molar-refractivity contribution in [2.75, 3.05) is 6.54 Å². The van der Waals surface area contributed by atoms with Crippen LogP contribution in [0.4, 0.5) is 8.78 Å². The van der Waals surface area contributed by atoms with Gasteiger partial charge in [-0.15, -0.1) is 0 Å². The van der Waals surface area contributed by atoms with Gasteiger partial charge in [-0.1, -0.05) is 0 Å². The van der Waals surface area contributed by atoms with Gasteiger partial charge >= 0.3 is 0 Å². The van der Waals surface area contributed by atoms with Crippen molar-refractivity contribution in [3.05, 3.63) is 36.2 Å². The topological polar surface area (TPSA) is 111 Å². The van der Waals surface area contributed by atoms with Gasteiger partial charge in [0.15, 0.2) is 5.78 Å². The average molecular weight is 456 g/mol. The first kappa shape index (κ1) is 22.6. The number of Topliss-reactive ketones (excluding diaryl/α,β-unsaturated/α-hetero) is 1. The number of alkyl halides is 2. The molecule has 1 aliphatic heterocycles. The highest BCUT2D eigenvalue weighted by molar-refractivity contribution is 6.05. The fourth-order valence-corrected chi connectivity index (χ4v) is 4.15. The van der Waals surface area contributed by atoms with E-state index in [1.54, 1.807) is 25.4 Å². The number of pyridine rings is 1. The van der Waals surface area contributed by atoms with Crippen LogP contribution < -0.4 is 0 Å². The number of hydrogen-bond donors (Lipinski definition) is 0. The van der Waals surface area contributed by atoms with Crippen molar-refractivity contribution >= 4 is 28.9 Å². The number of aryl methyl sites for hydroxylation is 1. The van der Waals surface area contributed by atoms with Gasteiger partial charge in [-0.2, -0.15) is 5.10 Å². The number of aromatic nitrogens is 5. The molecule has 2 atom stereocenters. The van der Waals surface area contributed by atoms with Gasteiger partial charge in [-0.3, -0.25) is 19.3 Å². The van der Waals surface area contributed by atoms with Crippen LogP contribution >= 0.6 is 0 Å². The zero-order chi connectivity index (χ0) is 23.7. The van der Waals surface area contributed by atoms with E-state index in [2.05, 4.69) is 20.1 Å². The lowest BCUT2D eigenvalue weighted by molar-refractivity contribution is -0.135. The van der Waals surface area contributed by atoms with Gasteiger partial charge in [0.2, 0.25) is 12.3 Å². The third-order valence-corrected chi connectivity index (χ3v) is 5.75. The van der Waals surface area contributed by atoms with Gasteiger partial charge in [0.1, 0.15) is 24.3 Å². The molecular formula is C22H22F2N6O3. The molecule has 1 amide bonds. The van der Waals surface area contributed by atoms with Gasteiger partial charge in [0.25, 0.3) is 0 Å². The molecule has 0 aromatic carbocycles. The molecule has 1 fully saturated rings. The van der Waals surface area contributed by atoms with Crippen LogP contribution in [0, 0.1) is 12.8 Å². The van der Waals surface area contributed by atoms with Crippen molar-refractivity contribution < 1.29 is 23.2 Å². The molecule has 9 nitrogen and oxygen atoms in total. The Labute approximate surface area is 187 Å². The van der Waals surface area contributed by atoms with Crippen LogP contribution in [0.5, 0.6) is 0 Å². The highest BCUT2D eigenvalue weighted by atomic mass is 19.3. The summed E-state index contributed by atoms with van der Waals surface area (Å²) in [7, 11) is 0. The van der Waals surface area contributed by atoms with Crippen LogP contribution in [-0.4, -0.2) is 66.6 Å². The van der Waals surface area contributed by atoms with Gasteiger partial charge in [-0.25, -0.2) is 18.7 Å². The molecule has 3 aromatic heterocycles. The zero-order valence-corrected chi connectivity index (χ0v) is 18.1. The number of likely N-dealkylation sites (tertiary alicyclic amines) is 1. The second-order valence-corrected chi connectivity index (χ2v) is 8.15. The van der Waals surface area contributed by atoms with Crippen LogP contribution in [-0.2, 0) is 16.1 Å². The van der Waals surface area contributed by atoms with Gasteiger partial charge in [-0.05, 0) is 25.3 Å². The monoisotopic (exact) mass is 456 g/mol. The molecule has 172 valence electrons. The highest BCUT2D eigenvalue weighted by Crippen LogP contribution is 2.28. The standard InChI is InChI=1S/C22H22F2N6O3/c1-12(32)22-17-5-18(15-6-25-13(2)26-7-15)27-8-19(17)30(28-22)10-21(33)29-9-14(4-20(23)24)3-16(29)11-31/h5-8,11,14,16,20H,3-4,9-10H2,1-2H3. The van der Waals surface area contributed by atoms with E-state index in [1.807, 2.05) is 0 Å². The van der Waals surface area contributed by atoms with Crippen molar-refractivity contribution in [3.63, 3.8) is 0 Å². The van der Waals surface area contributed by atoms with Crippen LogP contribution in [0.25, 0.3) is 22.2 Å². The summed E-state index contributed by atoms with van der Waals surface area (Å²) in [6.07, 6.45) is 2.73. The smallest absolute Gasteiger partial charge is 0.244 e. The summed E-state index contributed by atoms with van der Waals surface area (Å²) < 4.78 is 26.9. The molecule has 0 N–H and O–H groups in total. The third-order valence-electron chi connectivity index (χ3n) is 5.75. The van der Waals surface area contributed by atoms with E-state index in [1.165, 1.54) is 22.7 Å². The van der Waals surface area contributed by atoms with E-state index in [-0.39, 0.29) is 37.4 Å². The van der Waals surface area contributed by atoms with E-state index in [0.29, 0.717) is 34.3 Å². The summed E-state index contributed by atoms with van der Waals surface area (Å²) >= 11 is 0. The summed E-state index contributed by atoms with van der Waals surface area (Å²) in [6, 6.07) is 0.943. The summed E-state index contributed by atoms with van der Waals surface area (Å²) in [6.45, 7) is 2.98. The number of aldehydes is 1. The van der Waals surface area contributed by atoms with E-state index in [0.717, 1.165) is 0 Å². The first-order valence-corrected chi connectivity index (χ1v) is 10.5. The highest BCUT2D eigenvalue weighted by Gasteiger charge is 2.36. The maximum Gasteiger partial charge on any atom is 0.244 e. The maximum atomic E-state index is 13.0. The molecule has 0 saturated carbocycles. The van der Waals surface area contributed by atoms with E-state index >= 15 is 0 Å². The quantitative estimate of drug-likeness (QED) is 0.397. The second kappa shape index (κ2) is 9.08. The fourth-order valence-electron chi connectivity index (χ4n) is 4.15.